The van der Waals surface area contributed by atoms with Crippen LogP contribution in [0.15, 0.2) is 0 Å². The van der Waals surface area contributed by atoms with E-state index >= 15 is 0 Å². The minimum Gasteiger partial charge on any atom is -0.317 e. The second-order valence-corrected chi connectivity index (χ2v) is 6.71. The van der Waals surface area contributed by atoms with Crippen LogP contribution in [0.5, 0.6) is 0 Å². The van der Waals surface area contributed by atoms with Crippen LogP contribution in [0.3, 0.4) is 0 Å². The van der Waals surface area contributed by atoms with Crippen LogP contribution >= 0.6 is 0 Å². The van der Waals surface area contributed by atoms with Crippen molar-refractivity contribution in [2.24, 2.45) is 5.41 Å². The fourth-order valence-corrected chi connectivity index (χ4v) is 4.12. The average molecular weight is 203 g/mol. The maximum absolute atomic E-state index is 11.3. The minimum absolute atomic E-state index is 0.372. The van der Waals surface area contributed by atoms with Crippen LogP contribution in [-0.2, 0) is 9.84 Å². The molecule has 4 heteroatoms. The van der Waals surface area contributed by atoms with Crippen LogP contribution in [0.2, 0.25) is 0 Å². The van der Waals surface area contributed by atoms with E-state index in [1.54, 1.807) is 0 Å². The van der Waals surface area contributed by atoms with Gasteiger partial charge in [-0.1, -0.05) is 0 Å². The monoisotopic (exact) mass is 203 g/mol. The molecule has 2 aliphatic heterocycles. The van der Waals surface area contributed by atoms with Crippen LogP contribution in [0.1, 0.15) is 25.7 Å². The highest BCUT2D eigenvalue weighted by atomic mass is 32.2. The van der Waals surface area contributed by atoms with Gasteiger partial charge in [-0.25, -0.2) is 8.42 Å². The molecule has 2 rings (SSSR count). The Morgan fingerprint density at radius 2 is 1.46 bits per heavy atom. The van der Waals surface area contributed by atoms with Crippen LogP contribution in [0.25, 0.3) is 0 Å². The van der Waals surface area contributed by atoms with Gasteiger partial charge in [-0.15, -0.1) is 0 Å². The van der Waals surface area contributed by atoms with Crippen molar-refractivity contribution in [1.29, 1.82) is 0 Å². The quantitative estimate of drug-likeness (QED) is 0.626. The topological polar surface area (TPSA) is 46.2 Å². The normalized spacial score (nSPS) is 31.7. The number of piperidine rings is 1. The third-order valence-electron chi connectivity index (χ3n) is 3.55. The highest BCUT2D eigenvalue weighted by molar-refractivity contribution is 7.91. The summed E-state index contributed by atoms with van der Waals surface area (Å²) in [5.74, 6) is 0.847. The molecule has 2 aliphatic rings. The summed E-state index contributed by atoms with van der Waals surface area (Å²) in [6, 6.07) is 0. The zero-order valence-electron chi connectivity index (χ0n) is 7.88. The molecule has 0 amide bonds. The lowest BCUT2D eigenvalue weighted by Crippen LogP contribution is -2.42. The molecule has 2 saturated heterocycles. The molecule has 1 spiro atoms. The average Bonchev–Trinajstić information content (AvgIpc) is 2.13. The molecule has 13 heavy (non-hydrogen) atoms. The van der Waals surface area contributed by atoms with Gasteiger partial charge < -0.3 is 5.32 Å². The van der Waals surface area contributed by atoms with E-state index in [1.807, 2.05) is 0 Å². The van der Waals surface area contributed by atoms with Gasteiger partial charge in [0, 0.05) is 0 Å². The van der Waals surface area contributed by atoms with Gasteiger partial charge in [0.2, 0.25) is 0 Å². The fourth-order valence-electron chi connectivity index (χ4n) is 2.43. The van der Waals surface area contributed by atoms with Gasteiger partial charge >= 0.3 is 0 Å². The Balaban J connectivity index is 2.03. The molecular formula is C9H17NO2S. The van der Waals surface area contributed by atoms with Crippen molar-refractivity contribution < 1.29 is 8.42 Å². The molecule has 0 bridgehead atoms. The van der Waals surface area contributed by atoms with Crippen LogP contribution in [0, 0.1) is 5.41 Å². The molecule has 0 radical (unpaired) electrons. The highest BCUT2D eigenvalue weighted by Gasteiger charge is 2.37. The van der Waals surface area contributed by atoms with Crippen LogP contribution < -0.4 is 5.32 Å². The Kier molecular flexibility index (Phi) is 2.36. The fraction of sp³-hybridized carbons (Fsp3) is 1.00. The van der Waals surface area contributed by atoms with E-state index in [-0.39, 0.29) is 0 Å². The predicted octanol–water partition coefficient (Wildman–Crippen LogP) is 0.565. The van der Waals surface area contributed by atoms with Crippen molar-refractivity contribution in [1.82, 2.24) is 5.32 Å². The van der Waals surface area contributed by atoms with E-state index < -0.39 is 9.84 Å². The van der Waals surface area contributed by atoms with E-state index in [4.69, 9.17) is 0 Å². The minimum atomic E-state index is -2.68. The lowest BCUT2D eigenvalue weighted by atomic mass is 9.74. The Labute approximate surface area is 79.8 Å². The first-order valence-electron chi connectivity index (χ1n) is 5.03. The van der Waals surface area contributed by atoms with E-state index in [1.165, 1.54) is 12.8 Å². The standard InChI is InChI=1S/C9H17NO2S/c11-13(12)7-3-9(4-8-13)1-5-10-6-2-9/h10H,1-8H2. The van der Waals surface area contributed by atoms with Crippen molar-refractivity contribution in [3.63, 3.8) is 0 Å². The SMILES string of the molecule is O=S1(=O)CCC2(CCNCC2)CC1. The molecule has 1 N–H and O–H groups in total. The first-order chi connectivity index (χ1) is 6.12. The van der Waals surface area contributed by atoms with Crippen LogP contribution in [-0.4, -0.2) is 33.0 Å². The van der Waals surface area contributed by atoms with Crippen molar-refractivity contribution in [2.45, 2.75) is 25.7 Å². The zero-order valence-corrected chi connectivity index (χ0v) is 8.70. The van der Waals surface area contributed by atoms with Crippen molar-refractivity contribution >= 4 is 9.84 Å². The molecule has 0 aromatic rings. The van der Waals surface area contributed by atoms with Gasteiger partial charge in [-0.3, -0.25) is 0 Å². The van der Waals surface area contributed by atoms with Gasteiger partial charge in [-0.05, 0) is 44.2 Å². The lowest BCUT2D eigenvalue weighted by Gasteiger charge is -2.40. The maximum Gasteiger partial charge on any atom is 0.150 e. The van der Waals surface area contributed by atoms with Crippen molar-refractivity contribution in [3.05, 3.63) is 0 Å². The molecular weight excluding hydrogens is 186 g/mol. The van der Waals surface area contributed by atoms with Gasteiger partial charge in [-0.2, -0.15) is 0 Å². The van der Waals surface area contributed by atoms with Crippen molar-refractivity contribution in [2.75, 3.05) is 24.6 Å². The van der Waals surface area contributed by atoms with E-state index in [0.717, 1.165) is 25.9 Å². The number of nitrogens with one attached hydrogen (secondary N) is 1. The molecule has 3 nitrogen and oxygen atoms in total. The molecule has 0 unspecified atom stereocenters. The third kappa shape index (κ3) is 2.05. The zero-order chi connectivity index (χ0) is 9.36. The van der Waals surface area contributed by atoms with E-state index in [2.05, 4.69) is 5.32 Å². The third-order valence-corrected chi connectivity index (χ3v) is 5.20. The summed E-state index contributed by atoms with van der Waals surface area (Å²) >= 11 is 0. The Morgan fingerprint density at radius 3 is 2.00 bits per heavy atom. The number of sulfone groups is 1. The molecule has 76 valence electrons. The second-order valence-electron chi connectivity index (χ2n) is 4.40. The molecule has 2 heterocycles. The lowest BCUT2D eigenvalue weighted by molar-refractivity contribution is 0.180. The maximum atomic E-state index is 11.3. The Bertz CT molecular complexity index is 262. The number of rotatable bonds is 0. The largest absolute Gasteiger partial charge is 0.317 e. The molecule has 0 aliphatic carbocycles. The summed E-state index contributed by atoms with van der Waals surface area (Å²) in [5.41, 5.74) is 0.372. The van der Waals surface area contributed by atoms with Gasteiger partial charge in [0.25, 0.3) is 0 Å². The first kappa shape index (κ1) is 9.46. The van der Waals surface area contributed by atoms with Gasteiger partial charge in [0.05, 0.1) is 11.5 Å². The summed E-state index contributed by atoms with van der Waals surface area (Å²) < 4.78 is 22.5. The molecule has 0 aromatic heterocycles. The predicted molar refractivity (Wildman–Crippen MR) is 52.4 cm³/mol. The summed E-state index contributed by atoms with van der Waals surface area (Å²) in [7, 11) is -2.68. The van der Waals surface area contributed by atoms with E-state index in [0.29, 0.717) is 16.9 Å². The Morgan fingerprint density at radius 1 is 0.923 bits per heavy atom. The Hall–Kier alpha value is -0.0900. The number of hydrogen-bond donors (Lipinski definition) is 1. The summed E-state index contributed by atoms with van der Waals surface area (Å²) in [6.07, 6.45) is 4.14. The number of hydrogen-bond acceptors (Lipinski definition) is 3. The van der Waals surface area contributed by atoms with Gasteiger partial charge in [0.1, 0.15) is 9.84 Å². The summed E-state index contributed by atoms with van der Waals surface area (Å²) in [5, 5.41) is 3.33. The molecule has 2 fully saturated rings. The smallest absolute Gasteiger partial charge is 0.150 e. The highest BCUT2D eigenvalue weighted by Crippen LogP contribution is 2.40. The summed E-state index contributed by atoms with van der Waals surface area (Å²) in [4.78, 5) is 0. The summed E-state index contributed by atoms with van der Waals surface area (Å²) in [6.45, 7) is 2.14. The second kappa shape index (κ2) is 3.24. The van der Waals surface area contributed by atoms with Crippen molar-refractivity contribution in [3.8, 4) is 0 Å². The van der Waals surface area contributed by atoms with Gasteiger partial charge in [0.15, 0.2) is 0 Å². The van der Waals surface area contributed by atoms with E-state index in [9.17, 15) is 8.42 Å². The molecule has 0 aromatic carbocycles. The van der Waals surface area contributed by atoms with Crippen LogP contribution in [0.4, 0.5) is 0 Å². The first-order valence-corrected chi connectivity index (χ1v) is 6.85. The molecule has 0 atom stereocenters. The molecule has 0 saturated carbocycles.